The van der Waals surface area contributed by atoms with Crippen molar-refractivity contribution in [2.75, 3.05) is 13.2 Å². The van der Waals surface area contributed by atoms with Crippen molar-refractivity contribution in [3.8, 4) is 0 Å². The molecule has 0 aromatic heterocycles. The van der Waals surface area contributed by atoms with Crippen molar-refractivity contribution in [3.05, 3.63) is 67.8 Å². The van der Waals surface area contributed by atoms with Crippen LogP contribution in [0.5, 0.6) is 0 Å². The first kappa shape index (κ1) is 26.0. The molecule has 10 heteroatoms. The molecule has 2 aliphatic carbocycles. The lowest BCUT2D eigenvalue weighted by Gasteiger charge is -2.33. The smallest absolute Gasteiger partial charge is 0.264 e. The summed E-state index contributed by atoms with van der Waals surface area (Å²) < 4.78 is 23.2. The maximum absolute atomic E-state index is 12.5. The van der Waals surface area contributed by atoms with Crippen LogP contribution in [0.2, 0.25) is 0 Å². The van der Waals surface area contributed by atoms with Crippen molar-refractivity contribution >= 4 is 8.25 Å². The summed E-state index contributed by atoms with van der Waals surface area (Å²) in [7, 11) is -2.60. The van der Waals surface area contributed by atoms with Crippen molar-refractivity contribution in [2.24, 2.45) is 11.8 Å². The van der Waals surface area contributed by atoms with E-state index in [1.165, 1.54) is 0 Å². The molecule has 0 aromatic rings. The topological polar surface area (TPSA) is 122 Å². The first-order valence-corrected chi connectivity index (χ1v) is 12.1. The zero-order valence-corrected chi connectivity index (χ0v) is 20.0. The minimum Gasteiger partial charge on any atom is -0.264 e. The van der Waals surface area contributed by atoms with E-state index in [0.717, 1.165) is 0 Å². The highest BCUT2D eigenvalue weighted by Gasteiger charge is 2.54. The Bertz CT molecular complexity index is 798. The van der Waals surface area contributed by atoms with E-state index in [-0.39, 0.29) is 35.9 Å². The molecule has 0 radical (unpaired) electrons. The first-order valence-electron chi connectivity index (χ1n) is 11.0. The second-order valence-electron chi connectivity index (χ2n) is 7.96. The fourth-order valence-corrected chi connectivity index (χ4v) is 5.63. The summed E-state index contributed by atoms with van der Waals surface area (Å²) in [4.78, 5) is 23.4. The van der Waals surface area contributed by atoms with Crippen LogP contribution >= 0.6 is 8.25 Å². The SMILES string of the molecule is CCC1=CC=CC(CO[P+](=O)OCC2C=CC=C(CC)C2(CC)[N+](=O)[O-])C1(CC)[N+](=O)[O-]. The van der Waals surface area contributed by atoms with Gasteiger partial charge in [-0.15, -0.1) is 9.05 Å². The largest absolute Gasteiger partial charge is 0.697 e. The fourth-order valence-electron chi connectivity index (χ4n) is 4.99. The molecule has 0 N–H and O–H groups in total. The number of hydrogen-bond acceptors (Lipinski definition) is 7. The number of allylic oxidation sites excluding steroid dienone is 4. The zero-order chi connectivity index (χ0) is 23.9. The van der Waals surface area contributed by atoms with Gasteiger partial charge < -0.3 is 0 Å². The van der Waals surface area contributed by atoms with Crippen LogP contribution in [-0.2, 0) is 13.6 Å². The van der Waals surface area contributed by atoms with Crippen LogP contribution in [0.1, 0.15) is 53.4 Å². The summed E-state index contributed by atoms with van der Waals surface area (Å²) in [6, 6.07) is 0. The van der Waals surface area contributed by atoms with E-state index >= 15 is 0 Å². The van der Waals surface area contributed by atoms with Crippen molar-refractivity contribution < 1.29 is 23.5 Å². The van der Waals surface area contributed by atoms with Crippen molar-refractivity contribution in [2.45, 2.75) is 64.5 Å². The van der Waals surface area contributed by atoms with Crippen LogP contribution in [0.25, 0.3) is 0 Å². The lowest BCUT2D eigenvalue weighted by atomic mass is 9.72. The maximum Gasteiger partial charge on any atom is 0.697 e. The van der Waals surface area contributed by atoms with Crippen LogP contribution in [0.3, 0.4) is 0 Å². The van der Waals surface area contributed by atoms with Gasteiger partial charge in [-0.2, -0.15) is 0 Å². The summed E-state index contributed by atoms with van der Waals surface area (Å²) in [6.45, 7) is 6.95. The summed E-state index contributed by atoms with van der Waals surface area (Å²) in [5.41, 5.74) is -1.23. The van der Waals surface area contributed by atoms with Crippen molar-refractivity contribution in [1.82, 2.24) is 0 Å². The molecular formula is C22H32N2O7P+. The third-order valence-electron chi connectivity index (χ3n) is 6.83. The van der Waals surface area contributed by atoms with Gasteiger partial charge in [-0.1, -0.05) is 64.2 Å². The number of hydrogen-bond donors (Lipinski definition) is 0. The van der Waals surface area contributed by atoms with Crippen LogP contribution in [0.4, 0.5) is 0 Å². The maximum atomic E-state index is 12.5. The Balaban J connectivity index is 2.07. The van der Waals surface area contributed by atoms with E-state index in [0.29, 0.717) is 24.0 Å². The van der Waals surface area contributed by atoms with Gasteiger partial charge in [-0.25, -0.2) is 0 Å². The Morgan fingerprint density at radius 1 is 0.844 bits per heavy atom. The summed E-state index contributed by atoms with van der Waals surface area (Å²) >= 11 is 0. The van der Waals surface area contributed by atoms with Crippen molar-refractivity contribution in [3.63, 3.8) is 0 Å². The molecule has 2 aliphatic rings. The van der Waals surface area contributed by atoms with Gasteiger partial charge in [0.25, 0.3) is 11.1 Å². The van der Waals surface area contributed by atoms with Crippen molar-refractivity contribution in [1.29, 1.82) is 0 Å². The average molecular weight is 467 g/mol. The number of rotatable bonds is 12. The van der Waals surface area contributed by atoms with Crippen LogP contribution < -0.4 is 0 Å². The third-order valence-corrected chi connectivity index (χ3v) is 7.55. The van der Waals surface area contributed by atoms with Gasteiger partial charge in [0.1, 0.15) is 13.2 Å². The molecule has 0 spiro atoms. The van der Waals surface area contributed by atoms with Gasteiger partial charge in [-0.05, 0) is 12.8 Å². The normalized spacial score (nSPS) is 29.9. The molecule has 0 bridgehead atoms. The van der Waals surface area contributed by atoms with Crippen LogP contribution in [0, 0.1) is 32.1 Å². The molecule has 0 aromatic carbocycles. The van der Waals surface area contributed by atoms with Gasteiger partial charge in [0.2, 0.25) is 0 Å². The predicted octanol–water partition coefficient (Wildman–Crippen LogP) is 5.57. The van der Waals surface area contributed by atoms with Gasteiger partial charge in [0.15, 0.2) is 0 Å². The van der Waals surface area contributed by atoms with E-state index in [1.807, 2.05) is 13.8 Å². The minimum absolute atomic E-state index is 0.146. The molecule has 0 amide bonds. The molecule has 0 saturated heterocycles. The second kappa shape index (κ2) is 11.1. The first-order chi connectivity index (χ1) is 15.2. The molecule has 0 heterocycles. The lowest BCUT2D eigenvalue weighted by Crippen LogP contribution is -2.49. The molecule has 0 aliphatic heterocycles. The Hall–Kier alpha value is -2.22. The van der Waals surface area contributed by atoms with Gasteiger partial charge in [0.05, 0.1) is 11.8 Å². The highest BCUT2D eigenvalue weighted by molar-refractivity contribution is 7.33. The standard InChI is InChI=1S/C22H32N2O7P/c1-5-17-11-9-13-19(21(17,7-3)23(25)26)15-30-32(29)31-16-20-14-10-12-18(6-2)22(20,8-4)24(27)28/h9-14,19-20H,5-8,15-16H2,1-4H3/q+1. The van der Waals surface area contributed by atoms with Crippen LogP contribution in [-0.4, -0.2) is 34.1 Å². The Kier molecular flexibility index (Phi) is 9.01. The molecule has 4 atom stereocenters. The van der Waals surface area contributed by atoms with Crippen LogP contribution in [0.15, 0.2) is 47.6 Å². The minimum atomic E-state index is -2.60. The number of nitrogens with zero attached hydrogens (tertiary/aromatic N) is 2. The zero-order valence-electron chi connectivity index (χ0n) is 19.1. The van der Waals surface area contributed by atoms with E-state index in [1.54, 1.807) is 50.3 Å². The third kappa shape index (κ3) is 4.60. The molecule has 4 unspecified atom stereocenters. The van der Waals surface area contributed by atoms with Gasteiger partial charge in [-0.3, -0.25) is 20.2 Å². The fraction of sp³-hybridized carbons (Fsp3) is 0.636. The molecule has 2 rings (SSSR count). The Morgan fingerprint density at radius 3 is 1.50 bits per heavy atom. The van der Waals surface area contributed by atoms with Gasteiger partial charge in [0, 0.05) is 38.4 Å². The molecule has 0 saturated carbocycles. The molecule has 0 fully saturated rings. The van der Waals surface area contributed by atoms with E-state index in [2.05, 4.69) is 0 Å². The summed E-state index contributed by atoms with van der Waals surface area (Å²) in [6.07, 6.45) is 12.0. The monoisotopic (exact) mass is 467 g/mol. The van der Waals surface area contributed by atoms with Gasteiger partial charge >= 0.3 is 8.25 Å². The van der Waals surface area contributed by atoms with E-state index < -0.39 is 31.2 Å². The van der Waals surface area contributed by atoms with E-state index in [4.69, 9.17) is 9.05 Å². The lowest BCUT2D eigenvalue weighted by molar-refractivity contribution is -0.568. The molecule has 32 heavy (non-hydrogen) atoms. The second-order valence-corrected chi connectivity index (χ2v) is 8.92. The Labute approximate surface area is 189 Å². The average Bonchev–Trinajstić information content (AvgIpc) is 2.79. The Morgan fingerprint density at radius 2 is 1.22 bits per heavy atom. The summed E-state index contributed by atoms with van der Waals surface area (Å²) in [5, 5.41) is 24.0. The molecule has 176 valence electrons. The molecular weight excluding hydrogens is 435 g/mol. The summed E-state index contributed by atoms with van der Waals surface area (Å²) in [5.74, 6) is -1.19. The number of nitro groups is 2. The predicted molar refractivity (Wildman–Crippen MR) is 122 cm³/mol. The highest BCUT2D eigenvalue weighted by Crippen LogP contribution is 2.42. The van der Waals surface area contributed by atoms with E-state index in [9.17, 15) is 24.8 Å². The highest BCUT2D eigenvalue weighted by atomic mass is 31.1. The quantitative estimate of drug-likeness (QED) is 0.209. The molecule has 9 nitrogen and oxygen atoms in total.